The van der Waals surface area contributed by atoms with E-state index in [0.29, 0.717) is 23.8 Å². The number of para-hydroxylation sites is 2. The van der Waals surface area contributed by atoms with E-state index >= 15 is 41.9 Å². The predicted molar refractivity (Wildman–Crippen MR) is 450 cm³/mol. The lowest BCUT2D eigenvalue weighted by atomic mass is 9.80. The number of rotatable bonds is 26. The van der Waals surface area contributed by atoms with Gasteiger partial charge in [-0.3, -0.25) is 48.2 Å². The minimum absolute atomic E-state index is 0.0369. The van der Waals surface area contributed by atoms with Crippen LogP contribution in [0, 0.1) is 0 Å². The Morgan fingerprint density at radius 1 is 0.403 bits per heavy atom. The summed E-state index contributed by atoms with van der Waals surface area (Å²) >= 11 is 0. The molecule has 2 fully saturated rings. The van der Waals surface area contributed by atoms with Crippen molar-refractivity contribution >= 4 is 102 Å². The zero-order valence-corrected chi connectivity index (χ0v) is 68.8. The molecule has 2 N–H and O–H groups in total. The van der Waals surface area contributed by atoms with Gasteiger partial charge >= 0.3 is 6.18 Å². The molecule has 23 heteroatoms. The molecule has 0 radical (unpaired) electrons. The van der Waals surface area contributed by atoms with Crippen molar-refractivity contribution in [2.75, 3.05) is 49.2 Å². The molecule has 11 aromatic rings. The number of amides is 8. The highest BCUT2D eigenvalue weighted by atomic mass is 19.4. The first kappa shape index (κ1) is 81.9. The molecular weight excluding hydrogens is 1520 g/mol. The third-order valence-corrected chi connectivity index (χ3v) is 22.4. The normalized spacial score (nSPS) is 16.0. The number of alkyl halides is 3. The van der Waals surface area contributed by atoms with Gasteiger partial charge in [0, 0.05) is 93.5 Å². The number of carbonyl (C=O) groups is 8. The largest absolute Gasteiger partial charge is 0.457 e. The number of carbonyl (C=O) groups excluding carboxylic acids is 8. The van der Waals surface area contributed by atoms with E-state index in [-0.39, 0.29) is 178 Å². The first-order chi connectivity index (χ1) is 56.4. The van der Waals surface area contributed by atoms with Crippen molar-refractivity contribution in [3.63, 3.8) is 0 Å². The van der Waals surface area contributed by atoms with Crippen LogP contribution in [0.4, 0.5) is 24.5 Å². The number of ether oxygens (including phenoxy) is 6. The number of epoxide rings is 2. The Kier molecular flexibility index (Phi) is 21.7. The molecule has 2 saturated heterocycles. The van der Waals surface area contributed by atoms with Crippen LogP contribution in [0.2, 0.25) is 0 Å². The van der Waals surface area contributed by atoms with Gasteiger partial charge in [0.1, 0.15) is 58.1 Å². The van der Waals surface area contributed by atoms with Gasteiger partial charge in [-0.2, -0.15) is 13.2 Å². The average Bonchev–Trinajstić information content (AvgIpc) is 1.40. The lowest BCUT2D eigenvalue weighted by Crippen LogP contribution is -2.56. The summed E-state index contributed by atoms with van der Waals surface area (Å²) < 4.78 is 87.6. The second-order valence-corrected chi connectivity index (χ2v) is 35.1. The van der Waals surface area contributed by atoms with Gasteiger partial charge in [0.05, 0.1) is 54.1 Å². The molecule has 0 bridgehead atoms. The zero-order valence-electron chi connectivity index (χ0n) is 68.8. The summed E-state index contributed by atoms with van der Waals surface area (Å²) in [5, 5.41) is 6.12. The fourth-order valence-corrected chi connectivity index (χ4v) is 15.7. The number of anilines is 2. The highest BCUT2D eigenvalue weighted by Gasteiger charge is 2.50. The zero-order chi connectivity index (χ0) is 84.7. The molecule has 119 heavy (non-hydrogen) atoms. The minimum atomic E-state index is -5.23. The topological polar surface area (TPSA) is 236 Å². The van der Waals surface area contributed by atoms with Crippen LogP contribution in [0.25, 0.3) is 43.1 Å². The van der Waals surface area contributed by atoms with Gasteiger partial charge in [0.25, 0.3) is 29.5 Å². The maximum Gasteiger partial charge on any atom is 0.391 e. The fraction of sp³-hybridized carbons (Fsp3) is 0.333. The van der Waals surface area contributed by atoms with Crippen molar-refractivity contribution in [2.45, 2.75) is 168 Å². The summed E-state index contributed by atoms with van der Waals surface area (Å²) in [6.45, 7) is 26.9. The third-order valence-electron chi connectivity index (χ3n) is 22.4. The van der Waals surface area contributed by atoms with Crippen LogP contribution in [0.15, 0.2) is 182 Å². The van der Waals surface area contributed by atoms with Gasteiger partial charge in [-0.15, -0.1) is 0 Å². The Morgan fingerprint density at radius 3 is 0.924 bits per heavy atom. The van der Waals surface area contributed by atoms with Crippen LogP contribution < -0.4 is 39.4 Å². The predicted octanol–water partition coefficient (Wildman–Crippen LogP) is 19.3. The van der Waals surface area contributed by atoms with Crippen molar-refractivity contribution < 1.29 is 79.9 Å². The quantitative estimate of drug-likeness (QED) is 0.0222. The van der Waals surface area contributed by atoms with E-state index in [0.717, 1.165) is 32.1 Å². The summed E-state index contributed by atoms with van der Waals surface area (Å²) in [4.78, 5) is 129. The number of imide groups is 2. The van der Waals surface area contributed by atoms with Crippen molar-refractivity contribution in [3.8, 4) is 46.0 Å². The molecule has 4 heterocycles. The standard InChI is InChI=1S/C96H95F3N6O14/c1-14-70(90(112)102(58-21-17-15-18-22-58)43-41-76(106)100-50-64-52-114-64)104-86(108)66-45-72(116-60-33-25-54(26-34-60)92(2,3)4)80-82-74(118-62-37-29-56(30-38-62)94(8,9)10)47-68-79-69(89(111)105(88(68)110)71(49-96(97,98)99)91(113)103(59-23-19-16-20-24-59)44-42-77(107)101-51-65-53-115-65)48-75(119-63-39-31-57(32-40-63)95(11,12)13)83(85(79)82)81-73(46-67(87(104)109)78(66)84(80)81)117-61-35-27-55(28-36-61)93(5,6)7/h15-40,45-48,64-65,70-71H,14,41-44,49-53H2,1-13H3,(H,100,106)(H,101,107). The summed E-state index contributed by atoms with van der Waals surface area (Å²) in [7, 11) is 0. The number of hydrogen-bond acceptors (Lipinski definition) is 14. The van der Waals surface area contributed by atoms with Gasteiger partial charge in [-0.25, -0.2) is 0 Å². The summed E-state index contributed by atoms with van der Waals surface area (Å²) in [6.07, 6.45) is -8.26. The van der Waals surface area contributed by atoms with Crippen LogP contribution in [-0.4, -0.2) is 127 Å². The molecule has 4 unspecified atom stereocenters. The Balaban J connectivity index is 1.05. The molecule has 0 saturated carbocycles. The van der Waals surface area contributed by atoms with Gasteiger partial charge in [-0.1, -0.05) is 175 Å². The molecule has 0 aliphatic carbocycles. The van der Waals surface area contributed by atoms with Gasteiger partial charge in [-0.05, 0) is 147 Å². The van der Waals surface area contributed by atoms with E-state index in [2.05, 4.69) is 52.2 Å². The Bertz CT molecular complexity index is 5580. The van der Waals surface area contributed by atoms with Crippen molar-refractivity contribution in [1.29, 1.82) is 0 Å². The van der Waals surface area contributed by atoms with E-state index in [1.165, 1.54) is 41.3 Å². The van der Waals surface area contributed by atoms with Crippen molar-refractivity contribution in [2.24, 2.45) is 0 Å². The van der Waals surface area contributed by atoms with E-state index in [9.17, 15) is 9.59 Å². The highest BCUT2D eigenvalue weighted by molar-refractivity contribution is 6.45. The van der Waals surface area contributed by atoms with E-state index in [1.807, 2.05) is 90.1 Å². The SMILES string of the molecule is CCC(C(=O)N(CCC(=O)NCC1CO1)c1ccccc1)N1C(=O)c2cc(Oc3ccc(C(C)(C)C)cc3)c3c4c(Oc5ccc(C(C)(C)C)cc5)cc5c6c(cc(Oc7ccc(C(C)(C)C)cc7)c(c7c(Oc8ccc(C(C)(C)C)cc8)cc(c2c37)C1=O)c64)C(=O)N(C(CC(F)(F)F)C(=O)N(CCC(=O)NCC1CO1)c1ccccc1)C5=O. The molecule has 8 amide bonds. The molecular formula is C96H95F3N6O14. The average molecular weight is 1610 g/mol. The number of fused-ring (bicyclic) bond motifs is 2. The molecule has 4 aliphatic rings. The summed E-state index contributed by atoms with van der Waals surface area (Å²) in [5.41, 5.74) is 1.67. The monoisotopic (exact) mass is 1610 g/mol. The first-order valence-corrected chi connectivity index (χ1v) is 40.2. The third kappa shape index (κ3) is 16.8. The minimum Gasteiger partial charge on any atom is -0.457 e. The maximum atomic E-state index is 16.7. The molecule has 0 aromatic heterocycles. The molecule has 4 aliphatic heterocycles. The van der Waals surface area contributed by atoms with Crippen LogP contribution in [-0.2, 0) is 50.3 Å². The van der Waals surface area contributed by atoms with Gasteiger partial charge in [0.15, 0.2) is 0 Å². The Morgan fingerprint density at radius 2 is 0.672 bits per heavy atom. The van der Waals surface area contributed by atoms with Gasteiger partial charge < -0.3 is 48.9 Å². The fourth-order valence-electron chi connectivity index (χ4n) is 15.7. The number of nitrogens with zero attached hydrogens (tertiary/aromatic N) is 4. The van der Waals surface area contributed by atoms with Crippen molar-refractivity contribution in [3.05, 3.63) is 226 Å². The number of hydrogen-bond donors (Lipinski definition) is 2. The lowest BCUT2D eigenvalue weighted by Gasteiger charge is -2.37. The number of benzene rings is 11. The number of halogens is 3. The van der Waals surface area contributed by atoms with Crippen LogP contribution in [0.1, 0.15) is 179 Å². The second kappa shape index (κ2) is 31.6. The Labute approximate surface area is 688 Å². The van der Waals surface area contributed by atoms with E-state index in [1.54, 1.807) is 104 Å². The Hall–Kier alpha value is -12.2. The van der Waals surface area contributed by atoms with Crippen LogP contribution in [0.5, 0.6) is 46.0 Å². The molecule has 4 atom stereocenters. The smallest absolute Gasteiger partial charge is 0.391 e. The highest BCUT2D eigenvalue weighted by Crippen LogP contribution is 2.59. The lowest BCUT2D eigenvalue weighted by molar-refractivity contribution is -0.152. The first-order valence-electron chi connectivity index (χ1n) is 40.2. The van der Waals surface area contributed by atoms with Crippen LogP contribution in [0.3, 0.4) is 0 Å². The van der Waals surface area contributed by atoms with E-state index < -0.39 is 90.1 Å². The molecule has 11 aromatic carbocycles. The van der Waals surface area contributed by atoms with E-state index in [4.69, 9.17) is 28.4 Å². The van der Waals surface area contributed by atoms with Crippen LogP contribution >= 0.6 is 0 Å². The summed E-state index contributed by atoms with van der Waals surface area (Å²) in [6, 6.07) is 46.8. The van der Waals surface area contributed by atoms with Gasteiger partial charge in [0.2, 0.25) is 17.7 Å². The molecule has 0 spiro atoms. The van der Waals surface area contributed by atoms with Crippen molar-refractivity contribution in [1.82, 2.24) is 20.4 Å². The molecule has 614 valence electrons. The molecule has 15 rings (SSSR count). The molecule has 20 nitrogen and oxygen atoms in total. The number of nitrogens with one attached hydrogen (secondary N) is 2. The summed E-state index contributed by atoms with van der Waals surface area (Å²) in [5.74, 6) is -6.95. The second-order valence-electron chi connectivity index (χ2n) is 35.1. The maximum absolute atomic E-state index is 16.7.